The molecule has 2 fully saturated rings. The van der Waals surface area contributed by atoms with E-state index in [0.29, 0.717) is 19.7 Å². The zero-order valence-electron chi connectivity index (χ0n) is 16.4. The van der Waals surface area contributed by atoms with E-state index >= 15 is 0 Å². The number of amides is 1. The SMILES string of the molecule is CCOC(=O)[C@H]1CCC[NH+](CC(=O)Nc2ccc(C[NH+]3CCCC3)cc2)C1. The summed E-state index contributed by atoms with van der Waals surface area (Å²) >= 11 is 0. The minimum Gasteiger partial charge on any atom is -0.466 e. The molecule has 6 nitrogen and oxygen atoms in total. The van der Waals surface area contributed by atoms with Crippen molar-refractivity contribution in [3.63, 3.8) is 0 Å². The predicted molar refractivity (Wildman–Crippen MR) is 104 cm³/mol. The number of hydrogen-bond acceptors (Lipinski definition) is 3. The molecule has 1 unspecified atom stereocenters. The van der Waals surface area contributed by atoms with Gasteiger partial charge in [-0.05, 0) is 31.9 Å². The maximum absolute atomic E-state index is 12.4. The van der Waals surface area contributed by atoms with Crippen LogP contribution in [0.3, 0.4) is 0 Å². The van der Waals surface area contributed by atoms with Crippen LogP contribution in [0.2, 0.25) is 0 Å². The van der Waals surface area contributed by atoms with Gasteiger partial charge in [-0.3, -0.25) is 9.59 Å². The Hall–Kier alpha value is -1.92. The number of esters is 1. The van der Waals surface area contributed by atoms with Crippen LogP contribution in [0, 0.1) is 5.92 Å². The summed E-state index contributed by atoms with van der Waals surface area (Å²) in [7, 11) is 0. The van der Waals surface area contributed by atoms with Gasteiger partial charge in [0.05, 0.1) is 32.8 Å². The Kier molecular flexibility index (Phi) is 7.24. The van der Waals surface area contributed by atoms with Crippen molar-refractivity contribution in [2.75, 3.05) is 44.6 Å². The third kappa shape index (κ3) is 6.04. The minimum atomic E-state index is -0.120. The number of anilines is 1. The van der Waals surface area contributed by atoms with Crippen LogP contribution in [0.4, 0.5) is 5.69 Å². The molecule has 6 heteroatoms. The molecule has 0 spiro atoms. The third-order valence-electron chi connectivity index (χ3n) is 5.65. The lowest BCUT2D eigenvalue weighted by atomic mass is 9.98. The fraction of sp³-hybridized carbons (Fsp3) is 0.619. The number of ether oxygens (including phenoxy) is 1. The molecule has 0 aromatic heterocycles. The second-order valence-electron chi connectivity index (χ2n) is 7.85. The summed E-state index contributed by atoms with van der Waals surface area (Å²) in [4.78, 5) is 27.1. The van der Waals surface area contributed by atoms with Crippen LogP contribution in [0.1, 0.15) is 38.2 Å². The first-order valence-corrected chi connectivity index (χ1v) is 10.4. The van der Waals surface area contributed by atoms with E-state index in [1.165, 1.54) is 31.5 Å². The quantitative estimate of drug-likeness (QED) is 0.572. The van der Waals surface area contributed by atoms with Crippen LogP contribution in [-0.4, -0.2) is 51.2 Å². The second kappa shape index (κ2) is 9.85. The van der Waals surface area contributed by atoms with Gasteiger partial charge in [-0.15, -0.1) is 0 Å². The molecule has 1 aromatic rings. The number of nitrogens with one attached hydrogen (secondary N) is 3. The number of likely N-dealkylation sites (tertiary alicyclic amines) is 2. The van der Waals surface area contributed by atoms with E-state index in [9.17, 15) is 9.59 Å². The number of carbonyl (C=O) groups excluding carboxylic acids is 2. The van der Waals surface area contributed by atoms with Crippen LogP contribution >= 0.6 is 0 Å². The molecule has 1 amide bonds. The molecular weight excluding hydrogens is 342 g/mol. The molecule has 2 aliphatic rings. The summed E-state index contributed by atoms with van der Waals surface area (Å²) in [6.07, 6.45) is 4.49. The fourth-order valence-corrected chi connectivity index (χ4v) is 4.25. The highest BCUT2D eigenvalue weighted by Gasteiger charge is 2.30. The Morgan fingerprint density at radius 2 is 1.78 bits per heavy atom. The first-order chi connectivity index (χ1) is 13.1. The van der Waals surface area contributed by atoms with Crippen molar-refractivity contribution in [2.24, 2.45) is 5.92 Å². The Balaban J connectivity index is 1.45. The Bertz CT molecular complexity index is 626. The number of hydrogen-bond donors (Lipinski definition) is 3. The van der Waals surface area contributed by atoms with E-state index in [2.05, 4.69) is 17.4 Å². The highest BCUT2D eigenvalue weighted by molar-refractivity contribution is 5.91. The first kappa shape index (κ1) is 19.8. The van der Waals surface area contributed by atoms with Crippen molar-refractivity contribution in [1.82, 2.24) is 0 Å². The van der Waals surface area contributed by atoms with Crippen LogP contribution in [0.5, 0.6) is 0 Å². The van der Waals surface area contributed by atoms with Crippen molar-refractivity contribution in [3.8, 4) is 0 Å². The second-order valence-corrected chi connectivity index (χ2v) is 7.85. The number of benzene rings is 1. The highest BCUT2D eigenvalue weighted by Crippen LogP contribution is 2.10. The Morgan fingerprint density at radius 1 is 1.07 bits per heavy atom. The van der Waals surface area contributed by atoms with Gasteiger partial charge in [-0.25, -0.2) is 0 Å². The topological polar surface area (TPSA) is 64.3 Å². The van der Waals surface area contributed by atoms with Crippen LogP contribution < -0.4 is 15.1 Å². The maximum Gasteiger partial charge on any atom is 0.314 e. The van der Waals surface area contributed by atoms with Crippen molar-refractivity contribution in [2.45, 2.75) is 39.2 Å². The summed E-state index contributed by atoms with van der Waals surface area (Å²) in [5.41, 5.74) is 2.17. The first-order valence-electron chi connectivity index (χ1n) is 10.4. The largest absolute Gasteiger partial charge is 0.466 e. The standard InChI is InChI=1S/C21H31N3O3/c1-2-27-21(26)18-6-5-13-24(15-18)16-20(25)22-19-9-7-17(8-10-19)14-23-11-3-4-12-23/h7-10,18H,2-6,11-16H2,1H3,(H,22,25)/p+2/t18-/m0/s1. The van der Waals surface area contributed by atoms with E-state index in [1.54, 1.807) is 4.90 Å². The molecule has 3 rings (SSSR count). The number of carbonyl (C=O) groups is 2. The van der Waals surface area contributed by atoms with Gasteiger partial charge in [-0.1, -0.05) is 12.1 Å². The number of piperidine rings is 1. The van der Waals surface area contributed by atoms with Crippen LogP contribution in [0.25, 0.3) is 0 Å². The zero-order valence-corrected chi connectivity index (χ0v) is 16.4. The highest BCUT2D eigenvalue weighted by atomic mass is 16.5. The number of rotatable bonds is 7. The average molecular weight is 376 g/mol. The molecule has 2 saturated heterocycles. The molecule has 148 valence electrons. The normalized spacial score (nSPS) is 23.1. The fourth-order valence-electron chi connectivity index (χ4n) is 4.25. The molecule has 0 saturated carbocycles. The van der Waals surface area contributed by atoms with Gasteiger partial charge >= 0.3 is 5.97 Å². The minimum absolute atomic E-state index is 0.00688. The van der Waals surface area contributed by atoms with Gasteiger partial charge in [0.1, 0.15) is 12.5 Å². The van der Waals surface area contributed by atoms with E-state index < -0.39 is 0 Å². The molecule has 2 atom stereocenters. The van der Waals surface area contributed by atoms with E-state index in [4.69, 9.17) is 4.74 Å². The molecule has 3 N–H and O–H groups in total. The van der Waals surface area contributed by atoms with Gasteiger partial charge in [0.2, 0.25) is 0 Å². The Morgan fingerprint density at radius 3 is 2.48 bits per heavy atom. The summed E-state index contributed by atoms with van der Waals surface area (Å²) in [6, 6.07) is 8.22. The molecular formula is C21H33N3O3+2. The van der Waals surface area contributed by atoms with Gasteiger partial charge in [0.15, 0.2) is 6.54 Å². The smallest absolute Gasteiger partial charge is 0.314 e. The summed E-state index contributed by atoms with van der Waals surface area (Å²) in [6.45, 7) is 7.87. The molecule has 2 aliphatic heterocycles. The summed E-state index contributed by atoms with van der Waals surface area (Å²) in [5, 5.41) is 3.00. The Labute approximate surface area is 161 Å². The van der Waals surface area contributed by atoms with Crippen molar-refractivity contribution in [3.05, 3.63) is 29.8 Å². The molecule has 1 aromatic carbocycles. The van der Waals surface area contributed by atoms with E-state index in [-0.39, 0.29) is 17.8 Å². The van der Waals surface area contributed by atoms with Crippen molar-refractivity contribution >= 4 is 17.6 Å². The summed E-state index contributed by atoms with van der Waals surface area (Å²) in [5.74, 6) is -0.188. The summed E-state index contributed by atoms with van der Waals surface area (Å²) < 4.78 is 5.13. The van der Waals surface area contributed by atoms with Crippen LogP contribution in [0.15, 0.2) is 24.3 Å². The molecule has 0 bridgehead atoms. The van der Waals surface area contributed by atoms with Gasteiger partial charge in [0.25, 0.3) is 5.91 Å². The maximum atomic E-state index is 12.4. The van der Waals surface area contributed by atoms with Gasteiger partial charge in [0, 0.05) is 24.1 Å². The van der Waals surface area contributed by atoms with E-state index in [0.717, 1.165) is 36.5 Å². The number of quaternary nitrogens is 2. The predicted octanol–water partition coefficient (Wildman–Crippen LogP) is -0.338. The lowest BCUT2D eigenvalue weighted by Crippen LogP contribution is -3.14. The van der Waals surface area contributed by atoms with E-state index in [1.807, 2.05) is 19.1 Å². The van der Waals surface area contributed by atoms with Gasteiger partial charge in [-0.2, -0.15) is 0 Å². The van der Waals surface area contributed by atoms with Crippen molar-refractivity contribution < 1.29 is 24.1 Å². The van der Waals surface area contributed by atoms with Gasteiger partial charge < -0.3 is 19.9 Å². The lowest BCUT2D eigenvalue weighted by molar-refractivity contribution is -0.901. The average Bonchev–Trinajstić information content (AvgIpc) is 3.17. The monoisotopic (exact) mass is 375 g/mol. The third-order valence-corrected chi connectivity index (χ3v) is 5.65. The molecule has 0 aliphatic carbocycles. The molecule has 0 radical (unpaired) electrons. The molecule has 27 heavy (non-hydrogen) atoms. The molecule has 2 heterocycles. The lowest BCUT2D eigenvalue weighted by Gasteiger charge is -2.28. The van der Waals surface area contributed by atoms with Crippen molar-refractivity contribution in [1.29, 1.82) is 0 Å². The zero-order chi connectivity index (χ0) is 19.1. The van der Waals surface area contributed by atoms with Crippen LogP contribution in [-0.2, 0) is 20.9 Å².